The van der Waals surface area contributed by atoms with E-state index in [9.17, 15) is 8.42 Å². The van der Waals surface area contributed by atoms with Gasteiger partial charge in [-0.1, -0.05) is 0 Å². The number of morpholine rings is 1. The van der Waals surface area contributed by atoms with Gasteiger partial charge in [0, 0.05) is 12.6 Å². The molecule has 2 aliphatic rings. The van der Waals surface area contributed by atoms with Crippen LogP contribution in [0.5, 0.6) is 0 Å². The summed E-state index contributed by atoms with van der Waals surface area (Å²) in [7, 11) is -3.03. The molecule has 0 aromatic carbocycles. The van der Waals surface area contributed by atoms with Gasteiger partial charge in [-0.2, -0.15) is 0 Å². The molecule has 0 bridgehead atoms. The number of ether oxygens (including phenoxy) is 1. The second kappa shape index (κ2) is 5.29. The first kappa shape index (κ1) is 13.8. The van der Waals surface area contributed by atoms with E-state index in [0.29, 0.717) is 18.9 Å². The molecule has 1 aromatic rings. The quantitative estimate of drug-likeness (QED) is 0.818. The fraction of sp³-hybridized carbons (Fsp3) is 0.692. The summed E-state index contributed by atoms with van der Waals surface area (Å²) in [5, 5.41) is -0.150. The van der Waals surface area contributed by atoms with Gasteiger partial charge >= 0.3 is 0 Å². The molecule has 2 heterocycles. The van der Waals surface area contributed by atoms with Crippen molar-refractivity contribution in [2.24, 2.45) is 0 Å². The lowest BCUT2D eigenvalue weighted by Crippen LogP contribution is -2.44. The maximum absolute atomic E-state index is 12.0. The van der Waals surface area contributed by atoms with Gasteiger partial charge in [0.05, 0.1) is 36.0 Å². The molecule has 0 unspecified atom stereocenters. The number of anilines is 1. The molecule has 1 aliphatic heterocycles. The molecule has 3 rings (SSSR count). The van der Waals surface area contributed by atoms with E-state index in [1.165, 1.54) is 6.33 Å². The molecular formula is C13H19N3O3S. The van der Waals surface area contributed by atoms with Crippen molar-refractivity contribution in [2.45, 2.75) is 36.8 Å². The topological polar surface area (TPSA) is 72.4 Å². The third-order valence-electron chi connectivity index (χ3n) is 3.75. The first-order valence-electron chi connectivity index (χ1n) is 6.93. The Labute approximate surface area is 119 Å². The Kier molecular flexibility index (Phi) is 3.64. The molecule has 1 atom stereocenters. The molecule has 0 spiro atoms. The van der Waals surface area contributed by atoms with Crippen molar-refractivity contribution < 1.29 is 13.2 Å². The zero-order valence-electron chi connectivity index (χ0n) is 11.5. The second-order valence-corrected chi connectivity index (χ2v) is 7.77. The minimum absolute atomic E-state index is 0.0197. The Hall–Kier alpha value is -1.21. The van der Waals surface area contributed by atoms with Crippen LogP contribution < -0.4 is 4.90 Å². The van der Waals surface area contributed by atoms with Crippen LogP contribution in [0.3, 0.4) is 0 Å². The van der Waals surface area contributed by atoms with Crippen molar-refractivity contribution in [1.29, 1.82) is 0 Å². The van der Waals surface area contributed by atoms with Crippen molar-refractivity contribution in [3.05, 3.63) is 18.1 Å². The van der Waals surface area contributed by atoms with E-state index in [0.717, 1.165) is 25.2 Å². The predicted molar refractivity (Wildman–Crippen MR) is 75.3 cm³/mol. The molecule has 0 N–H and O–H groups in total. The summed E-state index contributed by atoms with van der Waals surface area (Å²) in [6.07, 6.45) is 3.04. The number of hydrogen-bond donors (Lipinski definition) is 0. The third-order valence-corrected chi connectivity index (χ3v) is 5.94. The van der Waals surface area contributed by atoms with Crippen LogP contribution in [0.1, 0.15) is 25.5 Å². The standard InChI is InChI=1S/C13H19N3O3S/c1-10-7-19-5-4-16(10)13-6-11(14-9-15-13)8-20(17,18)12-2-3-12/h6,9-10,12H,2-5,7-8H2,1H3/t10-/m0/s1. The van der Waals surface area contributed by atoms with E-state index in [1.807, 2.05) is 0 Å². The van der Waals surface area contributed by atoms with Crippen molar-refractivity contribution in [2.75, 3.05) is 24.7 Å². The van der Waals surface area contributed by atoms with Crippen LogP contribution in [0.15, 0.2) is 12.4 Å². The highest BCUT2D eigenvalue weighted by molar-refractivity contribution is 7.91. The molecule has 110 valence electrons. The molecule has 2 fully saturated rings. The van der Waals surface area contributed by atoms with Crippen LogP contribution in [0.2, 0.25) is 0 Å². The fourth-order valence-corrected chi connectivity index (χ4v) is 4.10. The van der Waals surface area contributed by atoms with Gasteiger partial charge in [0.15, 0.2) is 9.84 Å². The summed E-state index contributed by atoms with van der Waals surface area (Å²) in [5.74, 6) is 0.808. The molecule has 1 saturated carbocycles. The minimum atomic E-state index is -3.03. The molecule has 7 heteroatoms. The molecule has 20 heavy (non-hydrogen) atoms. The number of aromatic nitrogens is 2. The first-order valence-corrected chi connectivity index (χ1v) is 8.65. The average molecular weight is 297 g/mol. The van der Waals surface area contributed by atoms with Crippen LogP contribution in [-0.4, -0.2) is 49.4 Å². The molecular weight excluding hydrogens is 278 g/mol. The maximum Gasteiger partial charge on any atom is 0.158 e. The molecule has 6 nitrogen and oxygen atoms in total. The van der Waals surface area contributed by atoms with E-state index >= 15 is 0 Å². The van der Waals surface area contributed by atoms with Gasteiger partial charge in [-0.3, -0.25) is 0 Å². The van der Waals surface area contributed by atoms with Gasteiger partial charge in [-0.25, -0.2) is 18.4 Å². The van der Waals surface area contributed by atoms with Gasteiger partial charge in [0.1, 0.15) is 12.1 Å². The van der Waals surface area contributed by atoms with Crippen LogP contribution in [-0.2, 0) is 20.3 Å². The summed E-state index contributed by atoms with van der Waals surface area (Å²) in [6.45, 7) is 4.18. The molecule has 1 aromatic heterocycles. The molecule has 1 saturated heterocycles. The van der Waals surface area contributed by atoms with Crippen LogP contribution in [0, 0.1) is 0 Å². The van der Waals surface area contributed by atoms with E-state index in [4.69, 9.17) is 4.74 Å². The number of nitrogens with zero attached hydrogens (tertiary/aromatic N) is 3. The van der Waals surface area contributed by atoms with Crippen molar-refractivity contribution in [1.82, 2.24) is 9.97 Å². The van der Waals surface area contributed by atoms with Gasteiger partial charge in [-0.05, 0) is 19.8 Å². The monoisotopic (exact) mass is 297 g/mol. The van der Waals surface area contributed by atoms with E-state index in [-0.39, 0.29) is 17.0 Å². The lowest BCUT2D eigenvalue weighted by Gasteiger charge is -2.34. The largest absolute Gasteiger partial charge is 0.377 e. The maximum atomic E-state index is 12.0. The summed E-state index contributed by atoms with van der Waals surface area (Å²) in [6, 6.07) is 2.04. The van der Waals surface area contributed by atoms with E-state index in [2.05, 4.69) is 21.8 Å². The van der Waals surface area contributed by atoms with E-state index < -0.39 is 9.84 Å². The van der Waals surface area contributed by atoms with Gasteiger partial charge in [-0.15, -0.1) is 0 Å². The second-order valence-electron chi connectivity index (χ2n) is 5.49. The fourth-order valence-electron chi connectivity index (χ4n) is 2.44. The molecule has 0 amide bonds. The van der Waals surface area contributed by atoms with Crippen molar-refractivity contribution >= 4 is 15.7 Å². The zero-order chi connectivity index (χ0) is 14.2. The number of rotatable bonds is 4. The first-order chi connectivity index (χ1) is 9.56. The normalized spacial score (nSPS) is 23.9. The third kappa shape index (κ3) is 2.93. The summed E-state index contributed by atoms with van der Waals surface area (Å²) < 4.78 is 29.4. The predicted octanol–water partition coefficient (Wildman–Crippen LogP) is 0.779. The van der Waals surface area contributed by atoms with Crippen molar-refractivity contribution in [3.8, 4) is 0 Å². The van der Waals surface area contributed by atoms with Gasteiger partial charge in [0.2, 0.25) is 0 Å². The Bertz CT molecular complexity index is 586. The lowest BCUT2D eigenvalue weighted by molar-refractivity contribution is 0.0985. The Balaban J connectivity index is 1.78. The van der Waals surface area contributed by atoms with E-state index in [1.54, 1.807) is 6.07 Å². The highest BCUT2D eigenvalue weighted by atomic mass is 32.2. The SMILES string of the molecule is C[C@H]1COCCN1c1cc(CS(=O)(=O)C2CC2)ncn1. The Morgan fingerprint density at radius 3 is 2.90 bits per heavy atom. The van der Waals surface area contributed by atoms with Crippen LogP contribution >= 0.6 is 0 Å². The van der Waals surface area contributed by atoms with Crippen LogP contribution in [0.4, 0.5) is 5.82 Å². The lowest BCUT2D eigenvalue weighted by atomic mass is 10.2. The van der Waals surface area contributed by atoms with Crippen LogP contribution in [0.25, 0.3) is 0 Å². The molecule has 1 aliphatic carbocycles. The molecule has 0 radical (unpaired) electrons. The average Bonchev–Trinajstić information content (AvgIpc) is 3.23. The highest BCUT2D eigenvalue weighted by Gasteiger charge is 2.36. The van der Waals surface area contributed by atoms with Crippen molar-refractivity contribution in [3.63, 3.8) is 0 Å². The summed E-state index contributed by atoms with van der Waals surface area (Å²) in [5.41, 5.74) is 0.584. The number of sulfone groups is 1. The highest BCUT2D eigenvalue weighted by Crippen LogP contribution is 2.31. The van der Waals surface area contributed by atoms with Gasteiger partial charge < -0.3 is 9.64 Å². The minimum Gasteiger partial charge on any atom is -0.377 e. The van der Waals surface area contributed by atoms with Gasteiger partial charge in [0.25, 0.3) is 0 Å². The summed E-state index contributed by atoms with van der Waals surface area (Å²) in [4.78, 5) is 10.5. The summed E-state index contributed by atoms with van der Waals surface area (Å²) >= 11 is 0. The zero-order valence-corrected chi connectivity index (χ0v) is 12.3. The number of hydrogen-bond acceptors (Lipinski definition) is 6. The Morgan fingerprint density at radius 1 is 1.40 bits per heavy atom. The smallest absolute Gasteiger partial charge is 0.158 e. The Morgan fingerprint density at radius 2 is 2.20 bits per heavy atom.